The van der Waals surface area contributed by atoms with Gasteiger partial charge in [0.2, 0.25) is 0 Å². The molecule has 0 saturated heterocycles. The van der Waals surface area contributed by atoms with E-state index in [4.69, 9.17) is 5.11 Å². The first-order valence-electron chi connectivity index (χ1n) is 3.66. The SMILES string of the molecule is CCC(C)C(C)(C)C(=O)O.[MgH2]. The van der Waals surface area contributed by atoms with Crippen LogP contribution in [0.4, 0.5) is 0 Å². The Morgan fingerprint density at radius 2 is 1.91 bits per heavy atom. The third-order valence-electron chi connectivity index (χ3n) is 2.40. The van der Waals surface area contributed by atoms with Gasteiger partial charge in [0, 0.05) is 0 Å². The lowest BCUT2D eigenvalue weighted by molar-refractivity contribution is -0.149. The van der Waals surface area contributed by atoms with Crippen molar-refractivity contribution in [3.05, 3.63) is 0 Å². The predicted octanol–water partition coefficient (Wildman–Crippen LogP) is 1.23. The minimum Gasteiger partial charge on any atom is -0.481 e. The Kier molecular flexibility index (Phi) is 6.25. The zero-order valence-corrected chi connectivity index (χ0v) is 7.14. The van der Waals surface area contributed by atoms with E-state index < -0.39 is 11.4 Å². The molecule has 0 aliphatic heterocycles. The van der Waals surface area contributed by atoms with Gasteiger partial charge in [-0.3, -0.25) is 4.79 Å². The van der Waals surface area contributed by atoms with Gasteiger partial charge in [0.15, 0.2) is 0 Å². The van der Waals surface area contributed by atoms with Gasteiger partial charge in [-0.25, -0.2) is 0 Å². The van der Waals surface area contributed by atoms with Crippen LogP contribution in [-0.2, 0) is 4.79 Å². The highest BCUT2D eigenvalue weighted by molar-refractivity contribution is 5.75. The molecule has 11 heavy (non-hydrogen) atoms. The van der Waals surface area contributed by atoms with Crippen LogP contribution in [0.15, 0.2) is 0 Å². The summed E-state index contributed by atoms with van der Waals surface area (Å²) in [6.07, 6.45) is 0.916. The Hall–Kier alpha value is 0.236. The summed E-state index contributed by atoms with van der Waals surface area (Å²) in [5.74, 6) is -0.466. The van der Waals surface area contributed by atoms with E-state index in [1.807, 2.05) is 13.8 Å². The molecule has 0 saturated carbocycles. The van der Waals surface area contributed by atoms with Crippen LogP contribution in [0.1, 0.15) is 34.1 Å². The monoisotopic (exact) mass is 170 g/mol. The second kappa shape index (κ2) is 4.98. The molecule has 1 N–H and O–H groups in total. The van der Waals surface area contributed by atoms with E-state index >= 15 is 0 Å². The van der Waals surface area contributed by atoms with Gasteiger partial charge in [-0.2, -0.15) is 0 Å². The number of aliphatic carboxylic acids is 1. The summed E-state index contributed by atoms with van der Waals surface area (Å²) in [5, 5.41) is 8.74. The number of hydrogen-bond acceptors (Lipinski definition) is 1. The molecule has 0 amide bonds. The largest absolute Gasteiger partial charge is 0.481 e. The van der Waals surface area contributed by atoms with E-state index in [1.54, 1.807) is 13.8 Å². The topological polar surface area (TPSA) is 37.3 Å². The lowest BCUT2D eigenvalue weighted by atomic mass is 9.79. The van der Waals surface area contributed by atoms with Crippen molar-refractivity contribution in [2.45, 2.75) is 34.1 Å². The normalized spacial score (nSPS) is 13.5. The number of rotatable bonds is 3. The van der Waals surface area contributed by atoms with Crippen LogP contribution < -0.4 is 0 Å². The Morgan fingerprint density at radius 3 is 2.00 bits per heavy atom. The number of carboxylic acid groups (broad SMARTS) is 1. The summed E-state index contributed by atoms with van der Waals surface area (Å²) in [4.78, 5) is 10.6. The Bertz CT molecular complexity index is 132. The molecule has 64 valence electrons. The quantitative estimate of drug-likeness (QED) is 0.647. The lowest BCUT2D eigenvalue weighted by Crippen LogP contribution is -2.30. The van der Waals surface area contributed by atoms with Crippen LogP contribution >= 0.6 is 0 Å². The highest BCUT2D eigenvalue weighted by atomic mass is 24.3. The van der Waals surface area contributed by atoms with Gasteiger partial charge in [-0.15, -0.1) is 0 Å². The van der Waals surface area contributed by atoms with Crippen molar-refractivity contribution >= 4 is 29.0 Å². The van der Waals surface area contributed by atoms with Gasteiger partial charge >= 0.3 is 29.0 Å². The fourth-order valence-corrected chi connectivity index (χ4v) is 0.721. The van der Waals surface area contributed by atoms with Crippen LogP contribution in [0.25, 0.3) is 0 Å². The smallest absolute Gasteiger partial charge is 0.316 e. The van der Waals surface area contributed by atoms with Crippen molar-refractivity contribution < 1.29 is 9.90 Å². The van der Waals surface area contributed by atoms with Gasteiger partial charge in [0.25, 0.3) is 0 Å². The molecule has 3 heteroatoms. The molecule has 2 nitrogen and oxygen atoms in total. The molecular formula is C8H18MgO2. The first-order valence-corrected chi connectivity index (χ1v) is 3.66. The third kappa shape index (κ3) is 3.43. The summed E-state index contributed by atoms with van der Waals surface area (Å²) < 4.78 is 0. The predicted molar refractivity (Wildman–Crippen MR) is 49.4 cm³/mol. The second-order valence-corrected chi connectivity index (χ2v) is 3.34. The van der Waals surface area contributed by atoms with Crippen LogP contribution in [0.3, 0.4) is 0 Å². The molecular weight excluding hydrogens is 152 g/mol. The van der Waals surface area contributed by atoms with Crippen molar-refractivity contribution in [2.75, 3.05) is 0 Å². The van der Waals surface area contributed by atoms with Gasteiger partial charge < -0.3 is 5.11 Å². The molecule has 0 aromatic heterocycles. The van der Waals surface area contributed by atoms with E-state index in [1.165, 1.54) is 0 Å². The molecule has 0 radical (unpaired) electrons. The Balaban J connectivity index is 0. The number of hydrogen-bond donors (Lipinski definition) is 1. The molecule has 0 aliphatic rings. The van der Waals surface area contributed by atoms with E-state index in [0.29, 0.717) is 0 Å². The van der Waals surface area contributed by atoms with Gasteiger partial charge in [-0.1, -0.05) is 20.3 Å². The summed E-state index contributed by atoms with van der Waals surface area (Å²) in [6, 6.07) is 0. The molecule has 0 aromatic rings. The van der Waals surface area contributed by atoms with Gasteiger partial charge in [0.05, 0.1) is 5.41 Å². The highest BCUT2D eigenvalue weighted by Gasteiger charge is 2.32. The van der Waals surface area contributed by atoms with E-state index in [9.17, 15) is 4.79 Å². The lowest BCUT2D eigenvalue weighted by Gasteiger charge is -2.25. The molecule has 1 unspecified atom stereocenters. The maximum Gasteiger partial charge on any atom is 0.316 e. The third-order valence-corrected chi connectivity index (χ3v) is 2.40. The second-order valence-electron chi connectivity index (χ2n) is 3.34. The van der Waals surface area contributed by atoms with Gasteiger partial charge in [-0.05, 0) is 19.8 Å². The summed E-state index contributed by atoms with van der Waals surface area (Å²) in [7, 11) is 0. The summed E-state index contributed by atoms with van der Waals surface area (Å²) in [6.45, 7) is 7.51. The standard InChI is InChI=1S/C8H16O2.Mg.2H/c1-5-6(2)8(3,4)7(9)10;;;/h6H,5H2,1-4H3,(H,9,10);;;. The van der Waals surface area contributed by atoms with Gasteiger partial charge in [0.1, 0.15) is 0 Å². The summed E-state index contributed by atoms with van der Waals surface area (Å²) in [5.41, 5.74) is -0.575. The van der Waals surface area contributed by atoms with Crippen molar-refractivity contribution in [2.24, 2.45) is 11.3 Å². The van der Waals surface area contributed by atoms with Crippen LogP contribution in [0.5, 0.6) is 0 Å². The molecule has 0 aliphatic carbocycles. The molecule has 0 bridgehead atoms. The van der Waals surface area contributed by atoms with Crippen molar-refractivity contribution in [3.63, 3.8) is 0 Å². The van der Waals surface area contributed by atoms with Crippen LogP contribution in [-0.4, -0.2) is 34.1 Å². The van der Waals surface area contributed by atoms with E-state index in [0.717, 1.165) is 6.42 Å². The zero-order valence-electron chi connectivity index (χ0n) is 7.14. The molecule has 0 fully saturated rings. The Labute approximate surface area is 84.5 Å². The maximum absolute atomic E-state index is 10.6. The molecule has 1 atom stereocenters. The van der Waals surface area contributed by atoms with Crippen molar-refractivity contribution in [1.82, 2.24) is 0 Å². The van der Waals surface area contributed by atoms with Crippen LogP contribution in [0, 0.1) is 11.3 Å². The fraction of sp³-hybridized carbons (Fsp3) is 0.875. The Morgan fingerprint density at radius 1 is 1.55 bits per heavy atom. The highest BCUT2D eigenvalue weighted by Crippen LogP contribution is 2.28. The van der Waals surface area contributed by atoms with E-state index in [-0.39, 0.29) is 29.0 Å². The first-order chi connectivity index (χ1) is 4.42. The summed E-state index contributed by atoms with van der Waals surface area (Å²) >= 11 is 0. The number of carboxylic acids is 1. The average molecular weight is 171 g/mol. The minimum atomic E-state index is -0.707. The first kappa shape index (κ1) is 13.8. The minimum absolute atomic E-state index is 0. The average Bonchev–Trinajstić information content (AvgIpc) is 1.86. The van der Waals surface area contributed by atoms with Crippen LogP contribution in [0.2, 0.25) is 0 Å². The molecule has 0 rings (SSSR count). The molecule has 0 spiro atoms. The maximum atomic E-state index is 10.6. The zero-order chi connectivity index (χ0) is 8.36. The molecule has 0 heterocycles. The number of carbonyl (C=O) groups is 1. The van der Waals surface area contributed by atoms with Crippen molar-refractivity contribution in [1.29, 1.82) is 0 Å². The fourth-order valence-electron chi connectivity index (χ4n) is 0.721. The van der Waals surface area contributed by atoms with Crippen molar-refractivity contribution in [3.8, 4) is 0 Å². The molecule has 0 aromatic carbocycles. The van der Waals surface area contributed by atoms with E-state index in [2.05, 4.69) is 0 Å².